The van der Waals surface area contributed by atoms with Gasteiger partial charge < -0.3 is 10.1 Å². The number of ether oxygens (including phenoxy) is 1. The summed E-state index contributed by atoms with van der Waals surface area (Å²) in [7, 11) is 0. The van der Waals surface area contributed by atoms with Crippen molar-refractivity contribution in [1.29, 1.82) is 0 Å². The number of carbonyl (C=O) groups excluding carboxylic acids is 2. The minimum absolute atomic E-state index is 0.0100. The molecule has 1 rings (SSSR count). The molecule has 0 fully saturated rings. The number of halogens is 1. The van der Waals surface area contributed by atoms with Crippen molar-refractivity contribution in [1.82, 2.24) is 5.32 Å². The molecular formula is C14H16ClNO3. The van der Waals surface area contributed by atoms with Crippen LogP contribution >= 0.6 is 11.6 Å². The number of hydrogen-bond acceptors (Lipinski definition) is 3. The van der Waals surface area contributed by atoms with E-state index in [1.165, 1.54) is 13.2 Å². The van der Waals surface area contributed by atoms with E-state index in [1.54, 1.807) is 19.1 Å². The third-order valence-electron chi connectivity index (χ3n) is 2.36. The number of carbonyl (C=O) groups is 2. The second kappa shape index (κ2) is 7.59. The Hall–Kier alpha value is -1.81. The van der Waals surface area contributed by atoms with Gasteiger partial charge in [0.1, 0.15) is 5.57 Å². The molecule has 5 heteroatoms. The fourth-order valence-electron chi connectivity index (χ4n) is 1.34. The van der Waals surface area contributed by atoms with Crippen LogP contribution in [-0.2, 0) is 20.9 Å². The van der Waals surface area contributed by atoms with Gasteiger partial charge in [0, 0.05) is 11.6 Å². The van der Waals surface area contributed by atoms with Crippen LogP contribution in [0.2, 0.25) is 5.02 Å². The number of hydrogen-bond donors (Lipinski definition) is 1. The summed E-state index contributed by atoms with van der Waals surface area (Å²) in [4.78, 5) is 23.1. The van der Waals surface area contributed by atoms with Crippen LogP contribution in [0.4, 0.5) is 0 Å². The van der Waals surface area contributed by atoms with Crippen molar-refractivity contribution in [2.24, 2.45) is 0 Å². The maximum absolute atomic E-state index is 11.8. The summed E-state index contributed by atoms with van der Waals surface area (Å²) in [5, 5.41) is 3.29. The van der Waals surface area contributed by atoms with Crippen molar-refractivity contribution in [2.75, 3.05) is 6.61 Å². The van der Waals surface area contributed by atoms with Crippen LogP contribution < -0.4 is 5.32 Å². The number of Topliss-reactive ketones (excluding diaryl/α,β-unsaturated/α-hetero) is 1. The van der Waals surface area contributed by atoms with Gasteiger partial charge in [-0.1, -0.05) is 23.7 Å². The predicted molar refractivity (Wildman–Crippen MR) is 73.7 cm³/mol. The first-order chi connectivity index (χ1) is 9.04. The topological polar surface area (TPSA) is 55.4 Å². The molecule has 0 spiro atoms. The third-order valence-corrected chi connectivity index (χ3v) is 2.61. The molecule has 0 saturated carbocycles. The first-order valence-electron chi connectivity index (χ1n) is 5.90. The van der Waals surface area contributed by atoms with Gasteiger partial charge >= 0.3 is 0 Å². The summed E-state index contributed by atoms with van der Waals surface area (Å²) in [6.07, 6.45) is 1.19. The number of ketones is 1. The van der Waals surface area contributed by atoms with Crippen LogP contribution in [-0.4, -0.2) is 18.3 Å². The Morgan fingerprint density at radius 2 is 1.95 bits per heavy atom. The molecule has 0 saturated heterocycles. The lowest BCUT2D eigenvalue weighted by Gasteiger charge is -2.07. The van der Waals surface area contributed by atoms with Gasteiger partial charge in [-0.2, -0.15) is 0 Å². The molecule has 1 aromatic carbocycles. The highest BCUT2D eigenvalue weighted by Gasteiger charge is 2.14. The van der Waals surface area contributed by atoms with Gasteiger partial charge in [-0.15, -0.1) is 0 Å². The van der Waals surface area contributed by atoms with Gasteiger partial charge in [0.2, 0.25) is 0 Å². The molecule has 0 aliphatic rings. The van der Waals surface area contributed by atoms with Crippen LogP contribution in [0.3, 0.4) is 0 Å². The van der Waals surface area contributed by atoms with Crippen LogP contribution in [0.25, 0.3) is 0 Å². The SMILES string of the molecule is CCOC=C(C(C)=O)C(=O)NCc1ccc(Cl)cc1. The molecule has 0 aromatic heterocycles. The van der Waals surface area contributed by atoms with Gasteiger partial charge in [0.25, 0.3) is 5.91 Å². The van der Waals surface area contributed by atoms with Gasteiger partial charge in [0.15, 0.2) is 5.78 Å². The molecule has 19 heavy (non-hydrogen) atoms. The van der Waals surface area contributed by atoms with Crippen molar-refractivity contribution < 1.29 is 14.3 Å². The molecular weight excluding hydrogens is 266 g/mol. The Morgan fingerprint density at radius 3 is 2.47 bits per heavy atom. The number of nitrogens with one attached hydrogen (secondary N) is 1. The average Bonchev–Trinajstić information content (AvgIpc) is 2.38. The van der Waals surface area contributed by atoms with E-state index < -0.39 is 5.91 Å². The Balaban J connectivity index is 2.62. The van der Waals surface area contributed by atoms with E-state index in [-0.39, 0.29) is 11.4 Å². The molecule has 0 radical (unpaired) electrons. The van der Waals surface area contributed by atoms with E-state index in [4.69, 9.17) is 16.3 Å². The lowest BCUT2D eigenvalue weighted by atomic mass is 10.2. The maximum atomic E-state index is 11.8. The van der Waals surface area contributed by atoms with E-state index in [0.29, 0.717) is 18.2 Å². The normalized spacial score (nSPS) is 11.0. The molecule has 1 aromatic rings. The fourth-order valence-corrected chi connectivity index (χ4v) is 1.47. The van der Waals surface area contributed by atoms with E-state index in [9.17, 15) is 9.59 Å². The zero-order valence-electron chi connectivity index (χ0n) is 10.9. The number of amides is 1. The molecule has 0 unspecified atom stereocenters. The Kier molecular flexibility index (Phi) is 6.09. The Morgan fingerprint density at radius 1 is 1.32 bits per heavy atom. The quantitative estimate of drug-likeness (QED) is 0.377. The first kappa shape index (κ1) is 15.2. The second-order valence-corrected chi connectivity index (χ2v) is 4.29. The summed E-state index contributed by atoms with van der Waals surface area (Å²) < 4.78 is 4.98. The highest BCUT2D eigenvalue weighted by atomic mass is 35.5. The number of rotatable bonds is 6. The van der Waals surface area contributed by atoms with E-state index in [2.05, 4.69) is 5.32 Å². The average molecular weight is 282 g/mol. The number of benzene rings is 1. The van der Waals surface area contributed by atoms with Gasteiger partial charge in [-0.25, -0.2) is 0 Å². The van der Waals surface area contributed by atoms with Crippen molar-refractivity contribution in [3.8, 4) is 0 Å². The molecule has 1 N–H and O–H groups in total. The highest BCUT2D eigenvalue weighted by molar-refractivity contribution is 6.30. The lowest BCUT2D eigenvalue weighted by molar-refractivity contribution is -0.122. The van der Waals surface area contributed by atoms with Crippen LogP contribution in [0.5, 0.6) is 0 Å². The summed E-state index contributed by atoms with van der Waals surface area (Å²) in [5.74, 6) is -0.780. The first-order valence-corrected chi connectivity index (χ1v) is 6.27. The van der Waals surface area contributed by atoms with Crippen LogP contribution in [0.1, 0.15) is 19.4 Å². The van der Waals surface area contributed by atoms with Crippen LogP contribution in [0.15, 0.2) is 36.1 Å². The zero-order valence-corrected chi connectivity index (χ0v) is 11.7. The molecule has 0 bridgehead atoms. The lowest BCUT2D eigenvalue weighted by Crippen LogP contribution is -2.27. The molecule has 0 atom stereocenters. The molecule has 0 aliphatic heterocycles. The second-order valence-electron chi connectivity index (χ2n) is 3.85. The zero-order chi connectivity index (χ0) is 14.3. The molecule has 0 aliphatic carbocycles. The van der Waals surface area contributed by atoms with Gasteiger partial charge in [-0.3, -0.25) is 9.59 Å². The van der Waals surface area contributed by atoms with Gasteiger partial charge in [0.05, 0.1) is 12.9 Å². The molecule has 4 nitrogen and oxygen atoms in total. The standard InChI is InChI=1S/C14H16ClNO3/c1-3-19-9-13(10(2)17)14(18)16-8-11-4-6-12(15)7-5-11/h4-7,9H,3,8H2,1-2H3,(H,16,18). The summed E-state index contributed by atoms with van der Waals surface area (Å²) in [5.41, 5.74) is 0.910. The molecule has 0 heterocycles. The Labute approximate surface area is 117 Å². The smallest absolute Gasteiger partial charge is 0.258 e. The summed E-state index contributed by atoms with van der Waals surface area (Å²) >= 11 is 5.77. The molecule has 1 amide bonds. The van der Waals surface area contributed by atoms with E-state index in [1.807, 2.05) is 12.1 Å². The third kappa shape index (κ3) is 5.14. The van der Waals surface area contributed by atoms with E-state index >= 15 is 0 Å². The monoisotopic (exact) mass is 281 g/mol. The Bertz CT molecular complexity index is 480. The molecule has 102 valence electrons. The van der Waals surface area contributed by atoms with E-state index in [0.717, 1.165) is 5.56 Å². The minimum atomic E-state index is -0.448. The fraction of sp³-hybridized carbons (Fsp3) is 0.286. The largest absolute Gasteiger partial charge is 0.501 e. The summed E-state index contributed by atoms with van der Waals surface area (Å²) in [6, 6.07) is 7.10. The van der Waals surface area contributed by atoms with Crippen molar-refractivity contribution in [3.05, 3.63) is 46.7 Å². The van der Waals surface area contributed by atoms with Gasteiger partial charge in [-0.05, 0) is 31.5 Å². The predicted octanol–water partition coefficient (Wildman–Crippen LogP) is 2.47. The maximum Gasteiger partial charge on any atom is 0.258 e. The van der Waals surface area contributed by atoms with Crippen molar-refractivity contribution >= 4 is 23.3 Å². The van der Waals surface area contributed by atoms with Crippen molar-refractivity contribution in [2.45, 2.75) is 20.4 Å². The highest BCUT2D eigenvalue weighted by Crippen LogP contribution is 2.09. The van der Waals surface area contributed by atoms with Crippen LogP contribution in [0, 0.1) is 0 Å². The summed E-state index contributed by atoms with van der Waals surface area (Å²) in [6.45, 7) is 3.83. The van der Waals surface area contributed by atoms with Crippen molar-refractivity contribution in [3.63, 3.8) is 0 Å². The minimum Gasteiger partial charge on any atom is -0.501 e.